The third kappa shape index (κ3) is 5.79. The van der Waals surface area contributed by atoms with Crippen molar-refractivity contribution in [3.8, 4) is 5.69 Å². The van der Waals surface area contributed by atoms with E-state index in [1.165, 1.54) is 0 Å². The van der Waals surface area contributed by atoms with Gasteiger partial charge in [-0.1, -0.05) is 127 Å². The molecule has 0 spiro atoms. The summed E-state index contributed by atoms with van der Waals surface area (Å²) in [6, 6.07) is 57.6. The summed E-state index contributed by atoms with van der Waals surface area (Å²) < 4.78 is 85.0. The van der Waals surface area contributed by atoms with Crippen molar-refractivity contribution in [2.45, 2.75) is 13.8 Å². The Hall–Kier alpha value is -8.54. The van der Waals surface area contributed by atoms with Gasteiger partial charge in [0, 0.05) is 64.9 Å². The van der Waals surface area contributed by atoms with Crippen molar-refractivity contribution in [1.82, 2.24) is 4.57 Å². The number of benzene rings is 10. The summed E-state index contributed by atoms with van der Waals surface area (Å²) in [5.41, 5.74) is 9.59. The van der Waals surface area contributed by atoms with Gasteiger partial charge in [-0.2, -0.15) is 0 Å². The van der Waals surface area contributed by atoms with E-state index in [1.54, 1.807) is 16.7 Å². The first-order valence-corrected chi connectivity index (χ1v) is 21.5. The molecule has 3 heterocycles. The Morgan fingerprint density at radius 3 is 1.58 bits per heavy atom. The number of rotatable bonds is 7. The van der Waals surface area contributed by atoms with E-state index >= 15 is 0 Å². The number of hydrogen-bond acceptors (Lipinski definition) is 4. The SMILES string of the molecule is [2H]c1c([2H])c([2H])c(-n2c3cc(N(c4ccccc4)c4cccc5c4oc4c(C)cccc45)ccc3c3cc4ccc(N(c5ccccc5)c5cccc6c5oc5c(C([2H])([2H])[2H])cccc56)cc4cc32)c([2H])c1[2H]. The summed E-state index contributed by atoms with van der Waals surface area (Å²) in [6.45, 7) is -0.349. The number of aryl methyl sites for hydroxylation is 2. The van der Waals surface area contributed by atoms with E-state index < -0.39 is 25.0 Å². The third-order valence-electron chi connectivity index (χ3n) is 12.6. The smallest absolute Gasteiger partial charge is 0.159 e. The number of aromatic nitrogens is 1. The molecule has 0 bridgehead atoms. The maximum atomic E-state index is 9.36. The number of para-hydroxylation sites is 7. The summed E-state index contributed by atoms with van der Waals surface area (Å²) in [7, 11) is 0. The normalized spacial score (nSPS) is 13.8. The second kappa shape index (κ2) is 14.5. The molecule has 65 heavy (non-hydrogen) atoms. The van der Waals surface area contributed by atoms with Gasteiger partial charge in [-0.05, 0) is 121 Å². The zero-order valence-electron chi connectivity index (χ0n) is 43.0. The van der Waals surface area contributed by atoms with Gasteiger partial charge in [0.1, 0.15) is 11.2 Å². The van der Waals surface area contributed by atoms with Crippen LogP contribution in [0.25, 0.3) is 82.1 Å². The highest BCUT2D eigenvalue weighted by Gasteiger charge is 2.24. The molecule has 0 unspecified atom stereocenters. The maximum Gasteiger partial charge on any atom is 0.159 e. The van der Waals surface area contributed by atoms with Crippen LogP contribution in [-0.2, 0) is 0 Å². The van der Waals surface area contributed by atoms with E-state index in [1.807, 2.05) is 140 Å². The van der Waals surface area contributed by atoms with Gasteiger partial charge in [-0.25, -0.2) is 0 Å². The molecule has 308 valence electrons. The molecule has 13 rings (SSSR count). The van der Waals surface area contributed by atoms with Gasteiger partial charge in [-0.3, -0.25) is 0 Å². The maximum absolute atomic E-state index is 9.36. The highest BCUT2D eigenvalue weighted by Crippen LogP contribution is 2.47. The van der Waals surface area contributed by atoms with Crippen molar-refractivity contribution in [3.05, 3.63) is 223 Å². The fraction of sp³-hybridized carbons (Fsp3) is 0.0333. The van der Waals surface area contributed by atoms with Crippen molar-refractivity contribution in [1.29, 1.82) is 0 Å². The fourth-order valence-electron chi connectivity index (χ4n) is 9.72. The highest BCUT2D eigenvalue weighted by atomic mass is 16.3. The minimum absolute atomic E-state index is 0.0266. The molecule has 13 aromatic rings. The monoisotopic (exact) mass is 843 g/mol. The van der Waals surface area contributed by atoms with E-state index in [0.717, 1.165) is 77.3 Å². The Morgan fingerprint density at radius 2 is 0.954 bits per heavy atom. The van der Waals surface area contributed by atoms with Gasteiger partial charge in [-0.15, -0.1) is 0 Å². The molecule has 0 amide bonds. The van der Waals surface area contributed by atoms with E-state index in [2.05, 4.69) is 46.2 Å². The standard InChI is InChI=1S/C60H41N3O2/c1-38-16-12-24-48-50-26-14-28-53(59(50)64-57(38)48)61(42-18-6-3-7-19-42)45-31-30-40-35-52-47-33-32-46(37-56(47)63(44-22-10-5-11-23-44)55(52)36-41(40)34-45)62(43-20-8-4-9-21-43)54-29-15-27-51-49-25-13-17-39(2)58(49)65-60(51)54/h3-37H,1-2H3/i1D3,5D,10D,11D,22D,23D. The first-order valence-electron chi connectivity index (χ1n) is 25.5. The minimum Gasteiger partial charge on any atom is -0.454 e. The molecule has 0 saturated carbocycles. The molecule has 0 aliphatic rings. The predicted molar refractivity (Wildman–Crippen MR) is 272 cm³/mol. The zero-order valence-corrected chi connectivity index (χ0v) is 35.0. The number of nitrogens with zero attached hydrogens (tertiary/aromatic N) is 3. The van der Waals surface area contributed by atoms with Crippen molar-refractivity contribution >= 4 is 111 Å². The first kappa shape index (κ1) is 29.7. The van der Waals surface area contributed by atoms with Crippen molar-refractivity contribution < 1.29 is 19.8 Å². The molecule has 3 aromatic heterocycles. The lowest BCUT2D eigenvalue weighted by molar-refractivity contribution is 0.665. The van der Waals surface area contributed by atoms with Crippen LogP contribution in [0.1, 0.15) is 22.1 Å². The van der Waals surface area contributed by atoms with Crippen LogP contribution in [0.4, 0.5) is 34.1 Å². The zero-order chi connectivity index (χ0) is 50.0. The summed E-state index contributed by atoms with van der Waals surface area (Å²) >= 11 is 0. The average Bonchev–Trinajstić information content (AvgIpc) is 4.09. The lowest BCUT2D eigenvalue weighted by atomic mass is 10.0. The molecule has 0 saturated heterocycles. The van der Waals surface area contributed by atoms with Crippen LogP contribution in [-0.4, -0.2) is 4.57 Å². The lowest BCUT2D eigenvalue weighted by Gasteiger charge is -2.26. The molecule has 5 heteroatoms. The quantitative estimate of drug-likeness (QED) is 0.160. The molecule has 0 aliphatic carbocycles. The topological polar surface area (TPSA) is 37.7 Å². The number of fused-ring (bicyclic) bond motifs is 10. The van der Waals surface area contributed by atoms with Crippen LogP contribution in [0.2, 0.25) is 0 Å². The molecule has 0 N–H and O–H groups in total. The predicted octanol–water partition coefficient (Wildman–Crippen LogP) is 17.3. The van der Waals surface area contributed by atoms with Crippen LogP contribution in [0, 0.1) is 13.8 Å². The Bertz CT molecular complexity index is 4380. The second-order valence-corrected chi connectivity index (χ2v) is 16.4. The second-order valence-electron chi connectivity index (χ2n) is 16.4. The Balaban J connectivity index is 1.07. The molecule has 0 fully saturated rings. The van der Waals surface area contributed by atoms with Gasteiger partial charge in [0.2, 0.25) is 0 Å². The molecular weight excluding hydrogens is 795 g/mol. The van der Waals surface area contributed by atoms with Gasteiger partial charge in [0.25, 0.3) is 0 Å². The molecule has 0 atom stereocenters. The van der Waals surface area contributed by atoms with Crippen molar-refractivity contribution in [2.24, 2.45) is 0 Å². The van der Waals surface area contributed by atoms with Gasteiger partial charge in [0.05, 0.1) is 29.3 Å². The molecule has 10 aromatic carbocycles. The van der Waals surface area contributed by atoms with Gasteiger partial charge < -0.3 is 23.2 Å². The lowest BCUT2D eigenvalue weighted by Crippen LogP contribution is -2.10. The van der Waals surface area contributed by atoms with Crippen molar-refractivity contribution in [2.75, 3.05) is 9.80 Å². The fourth-order valence-corrected chi connectivity index (χ4v) is 9.72. The minimum atomic E-state index is -2.39. The molecule has 0 radical (unpaired) electrons. The van der Waals surface area contributed by atoms with E-state index in [4.69, 9.17) is 17.1 Å². The van der Waals surface area contributed by atoms with Gasteiger partial charge >= 0.3 is 0 Å². The Labute approximate surface area is 386 Å². The summed E-state index contributed by atoms with van der Waals surface area (Å²) in [4.78, 5) is 4.22. The molecule has 5 nitrogen and oxygen atoms in total. The third-order valence-corrected chi connectivity index (χ3v) is 12.6. The molecular formula is C60H41N3O2. The number of furan rings is 2. The van der Waals surface area contributed by atoms with E-state index in [-0.39, 0.29) is 23.3 Å². The van der Waals surface area contributed by atoms with Crippen LogP contribution >= 0.6 is 0 Å². The van der Waals surface area contributed by atoms with Crippen LogP contribution in [0.15, 0.2) is 221 Å². The number of hydrogen-bond donors (Lipinski definition) is 0. The summed E-state index contributed by atoms with van der Waals surface area (Å²) in [5.74, 6) is 0. The van der Waals surface area contributed by atoms with Crippen LogP contribution in [0.5, 0.6) is 0 Å². The average molecular weight is 844 g/mol. The first-order chi connectivity index (χ1) is 35.4. The van der Waals surface area contributed by atoms with Crippen LogP contribution < -0.4 is 9.80 Å². The van der Waals surface area contributed by atoms with Crippen molar-refractivity contribution in [3.63, 3.8) is 0 Å². The highest BCUT2D eigenvalue weighted by molar-refractivity contribution is 6.16. The summed E-state index contributed by atoms with van der Waals surface area (Å²) in [6.07, 6.45) is 0. The summed E-state index contributed by atoms with van der Waals surface area (Å²) in [5, 5.41) is 6.85. The van der Waals surface area contributed by atoms with Crippen LogP contribution in [0.3, 0.4) is 0 Å². The largest absolute Gasteiger partial charge is 0.454 e. The Kier molecular flexibility index (Phi) is 6.63. The number of anilines is 6. The van der Waals surface area contributed by atoms with Gasteiger partial charge in [0.15, 0.2) is 11.2 Å². The van der Waals surface area contributed by atoms with E-state index in [0.29, 0.717) is 38.9 Å². The molecule has 0 aliphatic heterocycles. The Morgan fingerprint density at radius 1 is 0.415 bits per heavy atom. The van der Waals surface area contributed by atoms with E-state index in [9.17, 15) is 2.74 Å².